The maximum absolute atomic E-state index is 3.49. The Morgan fingerprint density at radius 1 is 0.882 bits per heavy atom. The van der Waals surface area contributed by atoms with Crippen LogP contribution >= 0.6 is 15.9 Å². The van der Waals surface area contributed by atoms with E-state index >= 15 is 0 Å². The summed E-state index contributed by atoms with van der Waals surface area (Å²) in [5.41, 5.74) is 0. The van der Waals surface area contributed by atoms with Crippen LogP contribution in [0.4, 0.5) is 0 Å². The van der Waals surface area contributed by atoms with Crippen molar-refractivity contribution in [1.82, 2.24) is 14.7 Å². The minimum Gasteiger partial charge on any atom is -0.308 e. The highest BCUT2D eigenvalue weighted by atomic mass is 79.9. The molecule has 0 spiro atoms. The van der Waals surface area contributed by atoms with E-state index in [1.165, 1.54) is 65.1 Å². The van der Waals surface area contributed by atoms with E-state index in [0.717, 1.165) is 5.33 Å². The molecule has 1 fully saturated rings. The molecule has 0 bridgehead atoms. The summed E-state index contributed by atoms with van der Waals surface area (Å²) in [5, 5.41) is 1.16. The summed E-state index contributed by atoms with van der Waals surface area (Å²) in [6.45, 7) is 8.76. The summed E-state index contributed by atoms with van der Waals surface area (Å²) in [6, 6.07) is 0. The van der Waals surface area contributed by atoms with Crippen molar-refractivity contribution in [1.29, 1.82) is 0 Å². The number of hydrogen-bond donors (Lipinski definition) is 0. The molecule has 0 atom stereocenters. The van der Waals surface area contributed by atoms with Crippen molar-refractivity contribution in [2.45, 2.75) is 19.3 Å². The number of halogens is 1. The SMILES string of the molecule is CN(C)CCN1CCN(CCCCCBr)CC1. The first-order valence-corrected chi connectivity index (χ1v) is 8.00. The molecule has 0 aliphatic carbocycles. The Labute approximate surface area is 115 Å². The van der Waals surface area contributed by atoms with Gasteiger partial charge in [-0.3, -0.25) is 4.90 Å². The van der Waals surface area contributed by atoms with Crippen molar-refractivity contribution in [3.8, 4) is 0 Å². The predicted molar refractivity (Wildman–Crippen MR) is 79.1 cm³/mol. The van der Waals surface area contributed by atoms with Gasteiger partial charge in [0.25, 0.3) is 0 Å². The zero-order valence-corrected chi connectivity index (χ0v) is 13.1. The summed E-state index contributed by atoms with van der Waals surface area (Å²) >= 11 is 3.49. The van der Waals surface area contributed by atoms with Gasteiger partial charge < -0.3 is 9.80 Å². The van der Waals surface area contributed by atoms with Gasteiger partial charge in [-0.1, -0.05) is 22.4 Å². The standard InChI is InChI=1S/C13H28BrN3/c1-15(2)8-9-17-12-10-16(11-13-17)7-5-3-4-6-14/h3-13H2,1-2H3. The lowest BCUT2D eigenvalue weighted by Crippen LogP contribution is -2.48. The topological polar surface area (TPSA) is 9.72 Å². The lowest BCUT2D eigenvalue weighted by molar-refractivity contribution is 0.124. The van der Waals surface area contributed by atoms with Crippen LogP contribution in [0.2, 0.25) is 0 Å². The number of likely N-dealkylation sites (N-methyl/N-ethyl adjacent to an activating group) is 1. The molecule has 102 valence electrons. The molecule has 1 rings (SSSR count). The Bertz CT molecular complexity index is 180. The molecule has 1 aliphatic rings. The molecule has 0 N–H and O–H groups in total. The third kappa shape index (κ3) is 7.39. The smallest absolute Gasteiger partial charge is 0.0110 e. The molecule has 1 saturated heterocycles. The van der Waals surface area contributed by atoms with Crippen LogP contribution in [-0.4, -0.2) is 79.9 Å². The van der Waals surface area contributed by atoms with Gasteiger partial charge in [0.1, 0.15) is 0 Å². The lowest BCUT2D eigenvalue weighted by Gasteiger charge is -2.35. The first kappa shape index (κ1) is 15.4. The second kappa shape index (κ2) is 9.31. The fourth-order valence-corrected chi connectivity index (χ4v) is 2.58. The Hall–Kier alpha value is 0.360. The van der Waals surface area contributed by atoms with Gasteiger partial charge in [0.05, 0.1) is 0 Å². The van der Waals surface area contributed by atoms with Crippen LogP contribution in [0.15, 0.2) is 0 Å². The highest BCUT2D eigenvalue weighted by Gasteiger charge is 2.15. The molecule has 1 aliphatic heterocycles. The van der Waals surface area contributed by atoms with E-state index in [2.05, 4.69) is 44.7 Å². The van der Waals surface area contributed by atoms with E-state index in [-0.39, 0.29) is 0 Å². The maximum Gasteiger partial charge on any atom is 0.0110 e. The van der Waals surface area contributed by atoms with E-state index in [4.69, 9.17) is 0 Å². The van der Waals surface area contributed by atoms with Gasteiger partial charge in [0.2, 0.25) is 0 Å². The first-order valence-electron chi connectivity index (χ1n) is 6.88. The Kier molecular flexibility index (Phi) is 8.44. The predicted octanol–water partition coefficient (Wildman–Crippen LogP) is 1.73. The van der Waals surface area contributed by atoms with Gasteiger partial charge >= 0.3 is 0 Å². The fourth-order valence-electron chi connectivity index (χ4n) is 2.18. The second-order valence-electron chi connectivity index (χ2n) is 5.24. The first-order chi connectivity index (χ1) is 8.22. The van der Waals surface area contributed by atoms with Gasteiger partial charge in [-0.05, 0) is 33.5 Å². The third-order valence-corrected chi connectivity index (χ3v) is 4.00. The lowest BCUT2D eigenvalue weighted by atomic mass is 10.2. The zero-order valence-electron chi connectivity index (χ0n) is 11.5. The summed E-state index contributed by atoms with van der Waals surface area (Å²) in [5.74, 6) is 0. The van der Waals surface area contributed by atoms with Crippen molar-refractivity contribution < 1.29 is 0 Å². The van der Waals surface area contributed by atoms with Gasteiger partial charge in [-0.15, -0.1) is 0 Å². The van der Waals surface area contributed by atoms with E-state index in [0.29, 0.717) is 0 Å². The summed E-state index contributed by atoms with van der Waals surface area (Å²) in [4.78, 5) is 7.49. The maximum atomic E-state index is 3.49. The molecule has 0 unspecified atom stereocenters. The van der Waals surface area contributed by atoms with E-state index in [1.807, 2.05) is 0 Å². The van der Waals surface area contributed by atoms with Crippen molar-refractivity contribution in [2.24, 2.45) is 0 Å². The summed E-state index contributed by atoms with van der Waals surface area (Å²) < 4.78 is 0. The van der Waals surface area contributed by atoms with Crippen LogP contribution in [0.5, 0.6) is 0 Å². The molecule has 1 heterocycles. The van der Waals surface area contributed by atoms with Crippen molar-refractivity contribution in [2.75, 3.05) is 65.2 Å². The van der Waals surface area contributed by atoms with Gasteiger partial charge in [0, 0.05) is 44.6 Å². The van der Waals surface area contributed by atoms with E-state index < -0.39 is 0 Å². The van der Waals surface area contributed by atoms with Gasteiger partial charge in [-0.2, -0.15) is 0 Å². The molecule has 0 radical (unpaired) electrons. The highest BCUT2D eigenvalue weighted by molar-refractivity contribution is 9.09. The highest BCUT2D eigenvalue weighted by Crippen LogP contribution is 2.05. The zero-order chi connectivity index (χ0) is 12.5. The molecule has 0 amide bonds. The number of nitrogens with zero attached hydrogens (tertiary/aromatic N) is 3. The molecule has 17 heavy (non-hydrogen) atoms. The largest absolute Gasteiger partial charge is 0.308 e. The number of rotatable bonds is 8. The van der Waals surface area contributed by atoms with E-state index in [1.54, 1.807) is 0 Å². The monoisotopic (exact) mass is 305 g/mol. The molecule has 0 saturated carbocycles. The van der Waals surface area contributed by atoms with Crippen LogP contribution in [0, 0.1) is 0 Å². The molecule has 0 aromatic rings. The summed E-state index contributed by atoms with van der Waals surface area (Å²) in [7, 11) is 4.31. The van der Waals surface area contributed by atoms with Crippen LogP contribution in [0.25, 0.3) is 0 Å². The van der Waals surface area contributed by atoms with Crippen molar-refractivity contribution >= 4 is 15.9 Å². The molecule has 0 aromatic heterocycles. The third-order valence-electron chi connectivity index (χ3n) is 3.44. The van der Waals surface area contributed by atoms with Crippen LogP contribution in [-0.2, 0) is 0 Å². The van der Waals surface area contributed by atoms with Crippen molar-refractivity contribution in [3.63, 3.8) is 0 Å². The van der Waals surface area contributed by atoms with Crippen LogP contribution in [0.3, 0.4) is 0 Å². The second-order valence-corrected chi connectivity index (χ2v) is 6.03. The van der Waals surface area contributed by atoms with E-state index in [9.17, 15) is 0 Å². The Morgan fingerprint density at radius 3 is 2.00 bits per heavy atom. The van der Waals surface area contributed by atoms with Gasteiger partial charge in [0.15, 0.2) is 0 Å². The molecular weight excluding hydrogens is 278 g/mol. The normalized spacial score (nSPS) is 19.1. The Balaban J connectivity index is 2.01. The quantitative estimate of drug-likeness (QED) is 0.499. The van der Waals surface area contributed by atoms with Crippen molar-refractivity contribution in [3.05, 3.63) is 0 Å². The minimum absolute atomic E-state index is 1.16. The number of alkyl halides is 1. The van der Waals surface area contributed by atoms with Gasteiger partial charge in [-0.25, -0.2) is 0 Å². The number of unbranched alkanes of at least 4 members (excludes halogenated alkanes) is 2. The number of piperazine rings is 1. The van der Waals surface area contributed by atoms with Crippen LogP contribution < -0.4 is 0 Å². The molecule has 4 heteroatoms. The van der Waals surface area contributed by atoms with Crippen LogP contribution in [0.1, 0.15) is 19.3 Å². The average Bonchev–Trinajstić information content (AvgIpc) is 2.33. The average molecular weight is 306 g/mol. The number of hydrogen-bond acceptors (Lipinski definition) is 3. The minimum atomic E-state index is 1.16. The summed E-state index contributed by atoms with van der Waals surface area (Å²) in [6.07, 6.45) is 4.05. The fraction of sp³-hybridized carbons (Fsp3) is 1.00. The Morgan fingerprint density at radius 2 is 1.47 bits per heavy atom. The molecular formula is C13H28BrN3. The molecule has 0 aromatic carbocycles. The molecule has 3 nitrogen and oxygen atoms in total.